The molecule has 0 spiro atoms. The minimum atomic E-state index is -0.858. The molecule has 1 aliphatic carbocycles. The molecule has 20 heavy (non-hydrogen) atoms. The van der Waals surface area contributed by atoms with Crippen molar-refractivity contribution in [2.24, 2.45) is 5.92 Å². The Bertz CT molecular complexity index is 492. The van der Waals surface area contributed by atoms with Gasteiger partial charge in [-0.1, -0.05) is 31.4 Å². The Morgan fingerprint density at radius 1 is 1.25 bits per heavy atom. The van der Waals surface area contributed by atoms with Crippen molar-refractivity contribution >= 4 is 17.6 Å². The van der Waals surface area contributed by atoms with Crippen LogP contribution in [0.25, 0.3) is 0 Å². The Labute approximate surface area is 119 Å². The number of nitrogens with zero attached hydrogens (tertiary/aromatic N) is 1. The molecule has 1 N–H and O–H groups in total. The highest BCUT2D eigenvalue weighted by atomic mass is 16.4. The number of aliphatic carboxylic acids is 1. The van der Waals surface area contributed by atoms with Crippen LogP contribution in [0, 0.1) is 5.92 Å². The van der Waals surface area contributed by atoms with Crippen molar-refractivity contribution in [1.82, 2.24) is 0 Å². The number of amides is 1. The van der Waals surface area contributed by atoms with Gasteiger partial charge in [0, 0.05) is 18.7 Å². The smallest absolute Gasteiger partial charge is 0.307 e. The maximum atomic E-state index is 12.4. The molecule has 1 fully saturated rings. The van der Waals surface area contributed by atoms with Gasteiger partial charge in [-0.3, -0.25) is 9.59 Å². The molecule has 1 aromatic carbocycles. The van der Waals surface area contributed by atoms with E-state index in [2.05, 4.69) is 0 Å². The molecule has 0 aromatic heterocycles. The van der Waals surface area contributed by atoms with Crippen molar-refractivity contribution in [3.05, 3.63) is 29.8 Å². The Kier molecular flexibility index (Phi) is 4.77. The Hall–Kier alpha value is -1.84. The number of hydrogen-bond acceptors (Lipinski definition) is 2. The summed E-state index contributed by atoms with van der Waals surface area (Å²) in [4.78, 5) is 24.9. The summed E-state index contributed by atoms with van der Waals surface area (Å²) in [5, 5.41) is 8.83. The lowest BCUT2D eigenvalue weighted by Gasteiger charge is -2.26. The van der Waals surface area contributed by atoms with E-state index in [9.17, 15) is 9.59 Å². The average molecular weight is 275 g/mol. The van der Waals surface area contributed by atoms with Crippen molar-refractivity contribution in [2.45, 2.75) is 38.5 Å². The van der Waals surface area contributed by atoms with Crippen LogP contribution in [0.15, 0.2) is 24.3 Å². The van der Waals surface area contributed by atoms with Gasteiger partial charge < -0.3 is 10.0 Å². The summed E-state index contributed by atoms with van der Waals surface area (Å²) in [5.41, 5.74) is 1.50. The second-order valence-electron chi connectivity index (χ2n) is 5.47. The average Bonchev–Trinajstić information content (AvgIpc) is 2.46. The van der Waals surface area contributed by atoms with Crippen molar-refractivity contribution in [3.63, 3.8) is 0 Å². The zero-order valence-electron chi connectivity index (χ0n) is 11.8. The van der Waals surface area contributed by atoms with E-state index in [1.54, 1.807) is 30.1 Å². The molecule has 2 rings (SSSR count). The van der Waals surface area contributed by atoms with E-state index in [0.717, 1.165) is 36.9 Å². The van der Waals surface area contributed by atoms with Gasteiger partial charge in [0.2, 0.25) is 5.91 Å². The lowest BCUT2D eigenvalue weighted by atomic mass is 9.88. The number of benzene rings is 1. The minimum absolute atomic E-state index is 0.0146. The first-order valence-electron chi connectivity index (χ1n) is 7.16. The van der Waals surface area contributed by atoms with Crippen LogP contribution < -0.4 is 4.90 Å². The number of carbonyl (C=O) groups is 2. The Morgan fingerprint density at radius 3 is 2.60 bits per heavy atom. The summed E-state index contributed by atoms with van der Waals surface area (Å²) in [6, 6.07) is 7.22. The summed E-state index contributed by atoms with van der Waals surface area (Å²) in [7, 11) is 1.77. The molecule has 0 heterocycles. The maximum Gasteiger partial charge on any atom is 0.307 e. The molecule has 0 unspecified atom stereocenters. The van der Waals surface area contributed by atoms with E-state index in [4.69, 9.17) is 5.11 Å². The number of anilines is 1. The monoisotopic (exact) mass is 275 g/mol. The third-order valence-corrected chi connectivity index (χ3v) is 3.94. The van der Waals surface area contributed by atoms with Crippen LogP contribution in [0.5, 0.6) is 0 Å². The standard InChI is InChI=1S/C16H21NO3/c1-17(16(20)13-7-3-2-4-8-13)14-9-5-6-12(10-14)11-15(18)19/h5-6,9-10,13H,2-4,7-8,11H2,1H3,(H,18,19). The quantitative estimate of drug-likeness (QED) is 0.919. The van der Waals surface area contributed by atoms with E-state index < -0.39 is 5.97 Å². The SMILES string of the molecule is CN(C(=O)C1CCCCC1)c1cccc(CC(=O)O)c1. The summed E-state index contributed by atoms with van der Waals surface area (Å²) in [6.07, 6.45) is 5.41. The molecule has 108 valence electrons. The van der Waals surface area contributed by atoms with Crippen molar-refractivity contribution in [2.75, 3.05) is 11.9 Å². The number of carbonyl (C=O) groups excluding carboxylic acids is 1. The van der Waals surface area contributed by atoms with Crippen LogP contribution in [0.2, 0.25) is 0 Å². The molecule has 4 nitrogen and oxygen atoms in total. The molecule has 1 amide bonds. The second kappa shape index (κ2) is 6.55. The van der Waals surface area contributed by atoms with Gasteiger partial charge in [-0.25, -0.2) is 0 Å². The molecule has 0 saturated heterocycles. The fourth-order valence-corrected chi connectivity index (χ4v) is 2.80. The fraction of sp³-hybridized carbons (Fsp3) is 0.500. The van der Waals surface area contributed by atoms with E-state index >= 15 is 0 Å². The fourth-order valence-electron chi connectivity index (χ4n) is 2.80. The summed E-state index contributed by atoms with van der Waals surface area (Å²) < 4.78 is 0. The van der Waals surface area contributed by atoms with Gasteiger partial charge in [0.05, 0.1) is 6.42 Å². The van der Waals surface area contributed by atoms with Crippen molar-refractivity contribution < 1.29 is 14.7 Å². The van der Waals surface area contributed by atoms with Crippen LogP contribution in [-0.2, 0) is 16.0 Å². The molecule has 1 aromatic rings. The van der Waals surface area contributed by atoms with Crippen LogP contribution in [-0.4, -0.2) is 24.0 Å². The highest BCUT2D eigenvalue weighted by molar-refractivity contribution is 5.94. The highest BCUT2D eigenvalue weighted by Gasteiger charge is 2.24. The first-order valence-corrected chi connectivity index (χ1v) is 7.16. The van der Waals surface area contributed by atoms with Crippen LogP contribution in [0.1, 0.15) is 37.7 Å². The first kappa shape index (κ1) is 14.6. The third-order valence-electron chi connectivity index (χ3n) is 3.94. The molecular formula is C16H21NO3. The van der Waals surface area contributed by atoms with E-state index in [1.807, 2.05) is 6.07 Å². The number of carboxylic acid groups (broad SMARTS) is 1. The second-order valence-corrected chi connectivity index (χ2v) is 5.47. The molecule has 0 aliphatic heterocycles. The third kappa shape index (κ3) is 3.59. The number of rotatable bonds is 4. The van der Waals surface area contributed by atoms with Crippen LogP contribution in [0.3, 0.4) is 0 Å². The first-order chi connectivity index (χ1) is 9.58. The molecule has 1 saturated carbocycles. The molecule has 1 aliphatic rings. The van der Waals surface area contributed by atoms with E-state index in [-0.39, 0.29) is 18.2 Å². The predicted octanol–water partition coefficient (Wildman–Crippen LogP) is 2.86. The van der Waals surface area contributed by atoms with Gasteiger partial charge in [0.1, 0.15) is 0 Å². The van der Waals surface area contributed by atoms with Crippen molar-refractivity contribution in [3.8, 4) is 0 Å². The molecule has 4 heteroatoms. The molecule has 0 atom stereocenters. The Morgan fingerprint density at radius 2 is 1.95 bits per heavy atom. The van der Waals surface area contributed by atoms with Gasteiger partial charge in [-0.2, -0.15) is 0 Å². The lowest BCUT2D eigenvalue weighted by molar-refractivity contribution is -0.136. The predicted molar refractivity (Wildman–Crippen MR) is 77.8 cm³/mol. The van der Waals surface area contributed by atoms with E-state index in [1.165, 1.54) is 6.42 Å². The molecule has 0 bridgehead atoms. The zero-order valence-corrected chi connectivity index (χ0v) is 11.8. The number of hydrogen-bond donors (Lipinski definition) is 1. The van der Waals surface area contributed by atoms with Crippen LogP contribution in [0.4, 0.5) is 5.69 Å². The maximum absolute atomic E-state index is 12.4. The summed E-state index contributed by atoms with van der Waals surface area (Å²) in [6.45, 7) is 0. The molecular weight excluding hydrogens is 254 g/mol. The highest BCUT2D eigenvalue weighted by Crippen LogP contribution is 2.27. The summed E-state index contributed by atoms with van der Waals surface area (Å²) in [5.74, 6) is -0.586. The normalized spacial score (nSPS) is 15.8. The van der Waals surface area contributed by atoms with Crippen molar-refractivity contribution in [1.29, 1.82) is 0 Å². The Balaban J connectivity index is 2.09. The topological polar surface area (TPSA) is 57.6 Å². The molecule has 0 radical (unpaired) electrons. The van der Waals surface area contributed by atoms with Crippen LogP contribution >= 0.6 is 0 Å². The lowest BCUT2D eigenvalue weighted by Crippen LogP contribution is -2.34. The summed E-state index contributed by atoms with van der Waals surface area (Å²) >= 11 is 0. The number of carboxylic acids is 1. The van der Waals surface area contributed by atoms with E-state index in [0.29, 0.717) is 0 Å². The largest absolute Gasteiger partial charge is 0.481 e. The zero-order chi connectivity index (χ0) is 14.5. The van der Waals surface area contributed by atoms with Gasteiger partial charge in [-0.05, 0) is 30.5 Å². The van der Waals surface area contributed by atoms with Gasteiger partial charge in [0.15, 0.2) is 0 Å². The van der Waals surface area contributed by atoms with Gasteiger partial charge in [0.25, 0.3) is 0 Å². The van der Waals surface area contributed by atoms with Gasteiger partial charge >= 0.3 is 5.97 Å². The minimum Gasteiger partial charge on any atom is -0.481 e. The van der Waals surface area contributed by atoms with Gasteiger partial charge in [-0.15, -0.1) is 0 Å².